The van der Waals surface area contributed by atoms with Crippen molar-refractivity contribution < 1.29 is 14.7 Å². The van der Waals surface area contributed by atoms with Crippen LogP contribution >= 0.6 is 23.2 Å². The fourth-order valence-corrected chi connectivity index (χ4v) is 5.10. The van der Waals surface area contributed by atoms with Crippen molar-refractivity contribution in [2.75, 3.05) is 0 Å². The summed E-state index contributed by atoms with van der Waals surface area (Å²) in [5.41, 5.74) is -0.570. The van der Waals surface area contributed by atoms with Gasteiger partial charge in [-0.1, -0.05) is 23.2 Å². The van der Waals surface area contributed by atoms with Crippen LogP contribution in [0.5, 0.6) is 5.75 Å². The summed E-state index contributed by atoms with van der Waals surface area (Å²) >= 11 is 11.9. The van der Waals surface area contributed by atoms with Crippen molar-refractivity contribution in [1.82, 2.24) is 16.0 Å². The average molecular weight is 412 g/mol. The molecule has 0 spiro atoms. The van der Waals surface area contributed by atoms with Crippen molar-refractivity contribution in [2.45, 2.75) is 68.5 Å². The van der Waals surface area contributed by atoms with E-state index in [1.54, 1.807) is 0 Å². The molecule has 3 amide bonds. The molecule has 6 nitrogen and oxygen atoms in total. The number of urea groups is 1. The number of carbonyl (C=O) groups is 2. The van der Waals surface area contributed by atoms with E-state index in [4.69, 9.17) is 23.2 Å². The second kappa shape index (κ2) is 6.74. The summed E-state index contributed by atoms with van der Waals surface area (Å²) < 4.78 is 0. The minimum Gasteiger partial charge on any atom is -0.506 e. The Kier molecular flexibility index (Phi) is 4.67. The number of amides is 3. The van der Waals surface area contributed by atoms with E-state index >= 15 is 0 Å². The van der Waals surface area contributed by atoms with E-state index in [1.165, 1.54) is 18.6 Å². The number of hydrogen-bond acceptors (Lipinski definition) is 3. The first-order valence-electron chi connectivity index (χ1n) is 9.39. The highest BCUT2D eigenvalue weighted by molar-refractivity contribution is 6.36. The number of aromatic hydroxyl groups is 1. The van der Waals surface area contributed by atoms with Crippen molar-refractivity contribution in [2.24, 2.45) is 0 Å². The van der Waals surface area contributed by atoms with Gasteiger partial charge in [-0.25, -0.2) is 4.79 Å². The Balaban J connectivity index is 1.42. The van der Waals surface area contributed by atoms with Crippen LogP contribution in [0.15, 0.2) is 12.1 Å². The lowest BCUT2D eigenvalue weighted by molar-refractivity contribution is 0.0898. The zero-order chi connectivity index (χ0) is 19.2. The number of nitrogens with one attached hydrogen (secondary N) is 3. The molecular formula is C19H23Cl2N3O3. The summed E-state index contributed by atoms with van der Waals surface area (Å²) in [5, 5.41) is 19.7. The first kappa shape index (κ1) is 18.7. The van der Waals surface area contributed by atoms with E-state index in [0.717, 1.165) is 38.5 Å². The summed E-state index contributed by atoms with van der Waals surface area (Å²) in [6.45, 7) is 0. The Hall–Kier alpha value is -1.66. The van der Waals surface area contributed by atoms with Crippen LogP contribution in [0.1, 0.15) is 61.7 Å². The standard InChI is InChI=1S/C19H23Cl2N3O3/c20-11-8-13(15(25)14(21)9-11)16(26)23-18-4-6-19(10-18,7-5-18)24-17(27)22-12-2-1-3-12/h8-9,12,25H,1-7,10H2,(H,23,26)(H2,22,24,27). The topological polar surface area (TPSA) is 90.5 Å². The lowest BCUT2D eigenvalue weighted by Crippen LogP contribution is -2.53. The lowest BCUT2D eigenvalue weighted by Gasteiger charge is -2.32. The van der Waals surface area contributed by atoms with Crippen LogP contribution in [0.25, 0.3) is 0 Å². The zero-order valence-electron chi connectivity index (χ0n) is 14.9. The Labute approximate surface area is 168 Å². The Bertz CT molecular complexity index is 787. The minimum absolute atomic E-state index is 0.0478. The van der Waals surface area contributed by atoms with E-state index in [2.05, 4.69) is 16.0 Å². The van der Waals surface area contributed by atoms with Gasteiger partial charge in [-0.3, -0.25) is 4.79 Å². The quantitative estimate of drug-likeness (QED) is 0.608. The molecule has 27 heavy (non-hydrogen) atoms. The van der Waals surface area contributed by atoms with Crippen LogP contribution in [0, 0.1) is 0 Å². The molecule has 1 aromatic carbocycles. The summed E-state index contributed by atoms with van der Waals surface area (Å²) in [5.74, 6) is -0.663. The van der Waals surface area contributed by atoms with Crippen molar-refractivity contribution in [3.8, 4) is 5.75 Å². The zero-order valence-corrected chi connectivity index (χ0v) is 16.4. The molecule has 0 atom stereocenters. The monoisotopic (exact) mass is 411 g/mol. The molecule has 0 aromatic heterocycles. The Morgan fingerprint density at radius 1 is 1.04 bits per heavy atom. The molecule has 3 aliphatic carbocycles. The number of phenols is 1. The third kappa shape index (κ3) is 3.57. The lowest BCUT2D eigenvalue weighted by atomic mass is 9.90. The SMILES string of the molecule is O=C(NC1CCC1)NC12CCC(NC(=O)c3cc(Cl)cc(Cl)c3O)(CC1)C2. The molecule has 0 unspecified atom stereocenters. The Morgan fingerprint density at radius 3 is 2.26 bits per heavy atom. The molecule has 3 aliphatic rings. The number of rotatable bonds is 4. The van der Waals surface area contributed by atoms with Crippen molar-refractivity contribution in [1.29, 1.82) is 0 Å². The molecule has 3 saturated carbocycles. The molecule has 3 fully saturated rings. The smallest absolute Gasteiger partial charge is 0.315 e. The summed E-state index contributed by atoms with van der Waals surface area (Å²) in [7, 11) is 0. The fourth-order valence-electron chi connectivity index (χ4n) is 4.61. The number of phenolic OH excluding ortho intramolecular Hbond substituents is 1. The highest BCUT2D eigenvalue weighted by atomic mass is 35.5. The van der Waals surface area contributed by atoms with E-state index in [0.29, 0.717) is 17.5 Å². The van der Waals surface area contributed by atoms with Gasteiger partial charge in [-0.2, -0.15) is 0 Å². The van der Waals surface area contributed by atoms with Gasteiger partial charge >= 0.3 is 6.03 Å². The molecule has 0 heterocycles. The second-order valence-corrected chi connectivity index (χ2v) is 9.05. The number of halogens is 2. The van der Waals surface area contributed by atoms with Crippen LogP contribution in [-0.4, -0.2) is 34.2 Å². The van der Waals surface area contributed by atoms with E-state index in [-0.39, 0.29) is 33.4 Å². The van der Waals surface area contributed by atoms with Gasteiger partial charge in [0, 0.05) is 22.1 Å². The van der Waals surface area contributed by atoms with Gasteiger partial charge in [0.1, 0.15) is 5.75 Å². The third-order valence-electron chi connectivity index (χ3n) is 6.31. The third-order valence-corrected chi connectivity index (χ3v) is 6.82. The fraction of sp³-hybridized carbons (Fsp3) is 0.579. The minimum atomic E-state index is -0.395. The van der Waals surface area contributed by atoms with Gasteiger partial charge in [0.05, 0.1) is 10.6 Å². The summed E-state index contributed by atoms with van der Waals surface area (Å²) in [6, 6.07) is 3.00. The molecule has 2 bridgehead atoms. The van der Waals surface area contributed by atoms with Crippen LogP contribution in [0.4, 0.5) is 4.79 Å². The Morgan fingerprint density at radius 2 is 1.67 bits per heavy atom. The first-order valence-corrected chi connectivity index (χ1v) is 10.1. The van der Waals surface area contributed by atoms with Crippen molar-refractivity contribution >= 4 is 35.1 Å². The maximum absolute atomic E-state index is 12.7. The number of carbonyl (C=O) groups excluding carboxylic acids is 2. The maximum atomic E-state index is 12.7. The van der Waals surface area contributed by atoms with E-state index in [1.807, 2.05) is 0 Å². The van der Waals surface area contributed by atoms with Crippen molar-refractivity contribution in [3.63, 3.8) is 0 Å². The highest BCUT2D eigenvalue weighted by Gasteiger charge is 2.55. The van der Waals surface area contributed by atoms with Crippen LogP contribution in [0.3, 0.4) is 0 Å². The number of fused-ring (bicyclic) bond motifs is 2. The van der Waals surface area contributed by atoms with Crippen LogP contribution in [-0.2, 0) is 0 Å². The highest BCUT2D eigenvalue weighted by Crippen LogP contribution is 2.50. The molecule has 4 N–H and O–H groups in total. The molecule has 1 aromatic rings. The first-order chi connectivity index (χ1) is 12.8. The molecule has 4 rings (SSSR count). The second-order valence-electron chi connectivity index (χ2n) is 8.20. The number of benzene rings is 1. The molecular weight excluding hydrogens is 389 g/mol. The number of hydrogen-bond donors (Lipinski definition) is 4. The maximum Gasteiger partial charge on any atom is 0.315 e. The molecule has 8 heteroatoms. The summed E-state index contributed by atoms with van der Waals surface area (Å²) in [4.78, 5) is 25.0. The average Bonchev–Trinajstić information content (AvgIpc) is 3.09. The van der Waals surface area contributed by atoms with Gasteiger partial charge in [0.15, 0.2) is 0 Å². The normalized spacial score (nSPS) is 29.3. The van der Waals surface area contributed by atoms with Gasteiger partial charge in [0.2, 0.25) is 0 Å². The largest absolute Gasteiger partial charge is 0.506 e. The van der Waals surface area contributed by atoms with Gasteiger partial charge in [-0.05, 0) is 63.5 Å². The van der Waals surface area contributed by atoms with Gasteiger partial charge < -0.3 is 21.1 Å². The molecule has 0 aliphatic heterocycles. The molecule has 0 saturated heterocycles. The van der Waals surface area contributed by atoms with Gasteiger partial charge in [0.25, 0.3) is 5.91 Å². The summed E-state index contributed by atoms with van der Waals surface area (Å²) in [6.07, 6.45) is 7.19. The van der Waals surface area contributed by atoms with Gasteiger partial charge in [-0.15, -0.1) is 0 Å². The van der Waals surface area contributed by atoms with Crippen molar-refractivity contribution in [3.05, 3.63) is 27.7 Å². The van der Waals surface area contributed by atoms with Crippen LogP contribution < -0.4 is 16.0 Å². The molecule has 146 valence electrons. The van der Waals surface area contributed by atoms with Crippen LogP contribution in [0.2, 0.25) is 10.0 Å². The van der Waals surface area contributed by atoms with E-state index < -0.39 is 5.91 Å². The predicted molar refractivity (Wildman–Crippen MR) is 103 cm³/mol. The van der Waals surface area contributed by atoms with E-state index in [9.17, 15) is 14.7 Å². The predicted octanol–water partition coefficient (Wildman–Crippen LogP) is 3.74. The molecule has 0 radical (unpaired) electrons.